The number of ether oxygens (including phenoxy) is 1. The largest absolute Gasteiger partial charge is 0.478 e. The van der Waals surface area contributed by atoms with E-state index in [1.54, 1.807) is 6.08 Å². The Labute approximate surface area is 100 Å². The molecule has 0 radical (unpaired) electrons. The van der Waals surface area contributed by atoms with Crippen LogP contribution in [0.3, 0.4) is 0 Å². The van der Waals surface area contributed by atoms with Crippen molar-refractivity contribution < 1.29 is 14.6 Å². The Morgan fingerprint density at radius 1 is 1.29 bits per heavy atom. The van der Waals surface area contributed by atoms with Gasteiger partial charge < -0.3 is 14.7 Å². The van der Waals surface area contributed by atoms with Gasteiger partial charge in [0.1, 0.15) is 0 Å². The van der Waals surface area contributed by atoms with Gasteiger partial charge in [0.2, 0.25) is 0 Å². The van der Waals surface area contributed by atoms with Gasteiger partial charge in [-0.3, -0.25) is 0 Å². The highest BCUT2D eigenvalue weighted by Gasteiger charge is 2.13. The summed E-state index contributed by atoms with van der Waals surface area (Å²) in [5.41, 5.74) is 1.99. The van der Waals surface area contributed by atoms with Crippen LogP contribution in [-0.2, 0) is 9.53 Å². The third kappa shape index (κ3) is 3.07. The van der Waals surface area contributed by atoms with Crippen LogP contribution < -0.4 is 4.90 Å². The topological polar surface area (TPSA) is 49.8 Å². The lowest BCUT2D eigenvalue weighted by atomic mass is 10.1. The quantitative estimate of drug-likeness (QED) is 0.806. The first-order chi connectivity index (χ1) is 8.27. The van der Waals surface area contributed by atoms with Crippen LogP contribution in [0.2, 0.25) is 0 Å². The molecule has 0 unspecified atom stereocenters. The van der Waals surface area contributed by atoms with Crippen molar-refractivity contribution in [3.05, 3.63) is 35.9 Å². The molecular weight excluding hydrogens is 218 g/mol. The predicted octanol–water partition coefficient (Wildman–Crippen LogP) is 1.62. The molecule has 0 bridgehead atoms. The zero-order valence-electron chi connectivity index (χ0n) is 9.50. The Morgan fingerprint density at radius 2 is 2.00 bits per heavy atom. The van der Waals surface area contributed by atoms with E-state index in [1.807, 2.05) is 24.3 Å². The first-order valence-electron chi connectivity index (χ1n) is 5.60. The number of carboxylic acids is 1. The molecule has 0 atom stereocenters. The fourth-order valence-electron chi connectivity index (χ4n) is 1.88. The second-order valence-corrected chi connectivity index (χ2v) is 3.83. The van der Waals surface area contributed by atoms with Gasteiger partial charge in [0.25, 0.3) is 0 Å². The van der Waals surface area contributed by atoms with Crippen LogP contribution in [0.15, 0.2) is 30.3 Å². The number of carboxylic acid groups (broad SMARTS) is 1. The van der Waals surface area contributed by atoms with Gasteiger partial charge in [-0.25, -0.2) is 4.79 Å². The van der Waals surface area contributed by atoms with Crippen LogP contribution in [-0.4, -0.2) is 37.4 Å². The fourth-order valence-corrected chi connectivity index (χ4v) is 1.88. The zero-order valence-corrected chi connectivity index (χ0v) is 9.50. The van der Waals surface area contributed by atoms with Crippen molar-refractivity contribution in [2.24, 2.45) is 0 Å². The Kier molecular flexibility index (Phi) is 3.77. The lowest BCUT2D eigenvalue weighted by Crippen LogP contribution is -2.36. The number of morpholine rings is 1. The average molecular weight is 233 g/mol. The average Bonchev–Trinajstić information content (AvgIpc) is 2.38. The van der Waals surface area contributed by atoms with Crippen LogP contribution >= 0.6 is 0 Å². The molecular formula is C13H15NO3. The van der Waals surface area contributed by atoms with Crippen molar-refractivity contribution in [1.29, 1.82) is 0 Å². The van der Waals surface area contributed by atoms with Crippen molar-refractivity contribution >= 4 is 17.7 Å². The van der Waals surface area contributed by atoms with Gasteiger partial charge >= 0.3 is 5.97 Å². The van der Waals surface area contributed by atoms with E-state index in [0.29, 0.717) is 0 Å². The summed E-state index contributed by atoms with van der Waals surface area (Å²) >= 11 is 0. The van der Waals surface area contributed by atoms with Crippen molar-refractivity contribution in [1.82, 2.24) is 0 Å². The van der Waals surface area contributed by atoms with E-state index in [2.05, 4.69) is 4.90 Å². The number of benzene rings is 1. The summed E-state index contributed by atoms with van der Waals surface area (Å²) in [4.78, 5) is 12.8. The van der Waals surface area contributed by atoms with Gasteiger partial charge in [-0.1, -0.05) is 18.2 Å². The van der Waals surface area contributed by atoms with Gasteiger partial charge in [-0.2, -0.15) is 0 Å². The highest BCUT2D eigenvalue weighted by atomic mass is 16.5. The molecule has 1 N–H and O–H groups in total. The molecule has 0 spiro atoms. The number of aliphatic carboxylic acids is 1. The zero-order chi connectivity index (χ0) is 12.1. The number of nitrogens with zero attached hydrogens (tertiary/aromatic N) is 1. The van der Waals surface area contributed by atoms with Gasteiger partial charge in [0.15, 0.2) is 0 Å². The van der Waals surface area contributed by atoms with E-state index in [1.165, 1.54) is 6.08 Å². The van der Waals surface area contributed by atoms with E-state index < -0.39 is 5.97 Å². The van der Waals surface area contributed by atoms with Gasteiger partial charge in [0, 0.05) is 24.9 Å². The highest BCUT2D eigenvalue weighted by Crippen LogP contribution is 2.22. The summed E-state index contributed by atoms with van der Waals surface area (Å²) in [5.74, 6) is -0.929. The normalized spacial score (nSPS) is 16.4. The molecule has 4 nitrogen and oxygen atoms in total. The van der Waals surface area contributed by atoms with E-state index in [9.17, 15) is 4.79 Å². The van der Waals surface area contributed by atoms with Gasteiger partial charge in [-0.15, -0.1) is 0 Å². The number of rotatable bonds is 3. The van der Waals surface area contributed by atoms with E-state index in [-0.39, 0.29) is 0 Å². The van der Waals surface area contributed by atoms with Crippen LogP contribution in [0.1, 0.15) is 5.56 Å². The van der Waals surface area contributed by atoms with Crippen molar-refractivity contribution in [3.8, 4) is 0 Å². The van der Waals surface area contributed by atoms with E-state index in [4.69, 9.17) is 9.84 Å². The molecule has 0 saturated carbocycles. The van der Waals surface area contributed by atoms with E-state index in [0.717, 1.165) is 37.6 Å². The van der Waals surface area contributed by atoms with Crippen molar-refractivity contribution in [3.63, 3.8) is 0 Å². The minimum absolute atomic E-state index is 0.719. The molecule has 1 aromatic carbocycles. The van der Waals surface area contributed by atoms with Gasteiger partial charge in [-0.05, 0) is 17.7 Å². The van der Waals surface area contributed by atoms with Crippen LogP contribution in [0.4, 0.5) is 5.69 Å². The summed E-state index contributed by atoms with van der Waals surface area (Å²) in [6.07, 6.45) is 2.80. The lowest BCUT2D eigenvalue weighted by molar-refractivity contribution is -0.131. The second kappa shape index (κ2) is 5.50. The fraction of sp³-hybridized carbons (Fsp3) is 0.308. The lowest BCUT2D eigenvalue weighted by Gasteiger charge is -2.30. The summed E-state index contributed by atoms with van der Waals surface area (Å²) in [7, 11) is 0. The summed E-state index contributed by atoms with van der Waals surface area (Å²) < 4.78 is 5.31. The predicted molar refractivity (Wildman–Crippen MR) is 66.1 cm³/mol. The molecule has 1 heterocycles. The Balaban J connectivity index is 2.23. The first-order valence-corrected chi connectivity index (χ1v) is 5.60. The van der Waals surface area contributed by atoms with Crippen LogP contribution in [0.25, 0.3) is 6.08 Å². The first kappa shape index (κ1) is 11.7. The Hall–Kier alpha value is -1.81. The monoisotopic (exact) mass is 233 g/mol. The van der Waals surface area contributed by atoms with Crippen molar-refractivity contribution in [2.75, 3.05) is 31.2 Å². The minimum atomic E-state index is -0.929. The standard InChI is InChI=1S/C13H15NO3/c15-13(16)6-5-11-3-1-2-4-12(11)14-7-9-17-10-8-14/h1-6H,7-10H2,(H,15,16)/b6-5+. The van der Waals surface area contributed by atoms with E-state index >= 15 is 0 Å². The SMILES string of the molecule is O=C(O)/C=C/c1ccccc1N1CCOCC1. The smallest absolute Gasteiger partial charge is 0.328 e. The maximum absolute atomic E-state index is 10.5. The molecule has 4 heteroatoms. The second-order valence-electron chi connectivity index (χ2n) is 3.83. The molecule has 17 heavy (non-hydrogen) atoms. The highest BCUT2D eigenvalue weighted by molar-refractivity contribution is 5.87. The molecule has 1 aromatic rings. The molecule has 1 aliphatic rings. The maximum atomic E-state index is 10.5. The molecule has 2 rings (SSSR count). The third-order valence-electron chi connectivity index (χ3n) is 2.69. The number of carbonyl (C=O) groups is 1. The molecule has 90 valence electrons. The summed E-state index contributed by atoms with van der Waals surface area (Å²) in [5, 5.41) is 8.66. The Bertz CT molecular complexity index is 422. The van der Waals surface area contributed by atoms with Crippen molar-refractivity contribution in [2.45, 2.75) is 0 Å². The third-order valence-corrected chi connectivity index (χ3v) is 2.69. The molecule has 0 aliphatic carbocycles. The molecule has 1 fully saturated rings. The van der Waals surface area contributed by atoms with Gasteiger partial charge in [0.05, 0.1) is 13.2 Å². The van der Waals surface area contributed by atoms with Crippen LogP contribution in [0, 0.1) is 0 Å². The number of hydrogen-bond acceptors (Lipinski definition) is 3. The Morgan fingerprint density at radius 3 is 2.71 bits per heavy atom. The number of hydrogen-bond donors (Lipinski definition) is 1. The number of anilines is 1. The molecule has 0 aromatic heterocycles. The molecule has 0 amide bonds. The molecule has 1 aliphatic heterocycles. The maximum Gasteiger partial charge on any atom is 0.328 e. The number of para-hydroxylation sites is 1. The van der Waals surface area contributed by atoms with Crippen LogP contribution in [0.5, 0.6) is 0 Å². The molecule has 1 saturated heterocycles. The summed E-state index contributed by atoms with van der Waals surface area (Å²) in [6, 6.07) is 7.80. The minimum Gasteiger partial charge on any atom is -0.478 e. The summed E-state index contributed by atoms with van der Waals surface area (Å²) in [6.45, 7) is 3.13.